The van der Waals surface area contributed by atoms with Crippen LogP contribution in [0.5, 0.6) is 0 Å². The van der Waals surface area contributed by atoms with Gasteiger partial charge in [-0.25, -0.2) is 0 Å². The summed E-state index contributed by atoms with van der Waals surface area (Å²) in [5, 5.41) is 10.5. The molecule has 2 N–H and O–H groups in total. The summed E-state index contributed by atoms with van der Waals surface area (Å²) in [6.45, 7) is 2.84. The smallest absolute Gasteiger partial charge is 0.0522 e. The number of nitrogens with zero attached hydrogens (tertiary/aromatic N) is 1. The van der Waals surface area contributed by atoms with Crippen molar-refractivity contribution >= 4 is 0 Å². The van der Waals surface area contributed by atoms with E-state index in [1.807, 2.05) is 13.2 Å². The van der Waals surface area contributed by atoms with Gasteiger partial charge in [-0.15, -0.1) is 0 Å². The SMILES string of the molecule is CNCCCc1cn[nH]c1C1CCOCC1. The van der Waals surface area contributed by atoms with Gasteiger partial charge in [0.25, 0.3) is 0 Å². The van der Waals surface area contributed by atoms with Crippen molar-refractivity contribution < 1.29 is 4.74 Å². The molecule has 90 valence electrons. The van der Waals surface area contributed by atoms with Crippen LogP contribution in [0.4, 0.5) is 0 Å². The van der Waals surface area contributed by atoms with Crippen LogP contribution >= 0.6 is 0 Å². The van der Waals surface area contributed by atoms with Gasteiger partial charge < -0.3 is 10.1 Å². The first-order valence-electron chi connectivity index (χ1n) is 6.16. The second kappa shape index (κ2) is 6.01. The van der Waals surface area contributed by atoms with Gasteiger partial charge in [0.2, 0.25) is 0 Å². The summed E-state index contributed by atoms with van der Waals surface area (Å²) in [6.07, 6.45) is 6.53. The van der Waals surface area contributed by atoms with Gasteiger partial charge in [-0.2, -0.15) is 5.10 Å². The highest BCUT2D eigenvalue weighted by molar-refractivity contribution is 5.21. The zero-order valence-corrected chi connectivity index (χ0v) is 9.96. The fourth-order valence-electron chi connectivity index (χ4n) is 2.32. The Morgan fingerprint density at radius 1 is 1.50 bits per heavy atom. The van der Waals surface area contributed by atoms with Gasteiger partial charge in [0.15, 0.2) is 0 Å². The minimum atomic E-state index is 0.626. The van der Waals surface area contributed by atoms with Gasteiger partial charge >= 0.3 is 0 Å². The molecule has 1 saturated heterocycles. The number of ether oxygens (including phenoxy) is 1. The van der Waals surface area contributed by atoms with E-state index >= 15 is 0 Å². The second-order valence-electron chi connectivity index (χ2n) is 4.40. The summed E-state index contributed by atoms with van der Waals surface area (Å²) in [4.78, 5) is 0. The molecule has 4 nitrogen and oxygen atoms in total. The molecule has 0 radical (unpaired) electrons. The first kappa shape index (κ1) is 11.6. The summed E-state index contributed by atoms with van der Waals surface area (Å²) in [5.74, 6) is 0.626. The van der Waals surface area contributed by atoms with Gasteiger partial charge in [0.05, 0.1) is 6.20 Å². The third-order valence-electron chi connectivity index (χ3n) is 3.25. The van der Waals surface area contributed by atoms with E-state index in [2.05, 4.69) is 15.5 Å². The van der Waals surface area contributed by atoms with Gasteiger partial charge in [0, 0.05) is 24.8 Å². The monoisotopic (exact) mass is 223 g/mol. The highest BCUT2D eigenvalue weighted by Gasteiger charge is 2.20. The quantitative estimate of drug-likeness (QED) is 0.743. The van der Waals surface area contributed by atoms with E-state index in [4.69, 9.17) is 4.74 Å². The first-order chi connectivity index (χ1) is 7.92. The average Bonchev–Trinajstić information content (AvgIpc) is 2.79. The minimum absolute atomic E-state index is 0.626. The molecule has 1 aliphatic heterocycles. The van der Waals surface area contributed by atoms with Crippen LogP contribution in [0.1, 0.15) is 36.4 Å². The van der Waals surface area contributed by atoms with Gasteiger partial charge in [0.1, 0.15) is 0 Å². The molecule has 0 bridgehead atoms. The minimum Gasteiger partial charge on any atom is -0.381 e. The number of nitrogens with one attached hydrogen (secondary N) is 2. The Bertz CT molecular complexity index is 305. The maximum Gasteiger partial charge on any atom is 0.0522 e. The molecule has 0 spiro atoms. The van der Waals surface area contributed by atoms with Crippen molar-refractivity contribution in [3.05, 3.63) is 17.5 Å². The van der Waals surface area contributed by atoms with Crippen molar-refractivity contribution in [2.24, 2.45) is 0 Å². The Balaban J connectivity index is 1.94. The second-order valence-corrected chi connectivity index (χ2v) is 4.40. The van der Waals surface area contributed by atoms with Crippen LogP contribution < -0.4 is 5.32 Å². The first-order valence-corrected chi connectivity index (χ1v) is 6.16. The lowest BCUT2D eigenvalue weighted by Gasteiger charge is -2.21. The third-order valence-corrected chi connectivity index (χ3v) is 3.25. The van der Waals surface area contributed by atoms with E-state index in [9.17, 15) is 0 Å². The van der Waals surface area contributed by atoms with Gasteiger partial charge in [-0.3, -0.25) is 5.10 Å². The molecule has 0 atom stereocenters. The van der Waals surface area contributed by atoms with Gasteiger partial charge in [-0.1, -0.05) is 0 Å². The van der Waals surface area contributed by atoms with Crippen LogP contribution in [-0.4, -0.2) is 37.0 Å². The zero-order valence-electron chi connectivity index (χ0n) is 9.96. The number of rotatable bonds is 5. The fourth-order valence-corrected chi connectivity index (χ4v) is 2.32. The van der Waals surface area contributed by atoms with Crippen LogP contribution in [0.2, 0.25) is 0 Å². The van der Waals surface area contributed by atoms with Crippen molar-refractivity contribution in [2.75, 3.05) is 26.8 Å². The molecule has 4 heteroatoms. The maximum atomic E-state index is 5.39. The van der Waals surface area contributed by atoms with Gasteiger partial charge in [-0.05, 0) is 44.8 Å². The number of H-pyrrole nitrogens is 1. The average molecular weight is 223 g/mol. The number of aryl methyl sites for hydroxylation is 1. The molecule has 0 saturated carbocycles. The normalized spacial score (nSPS) is 17.8. The van der Waals surface area contributed by atoms with E-state index < -0.39 is 0 Å². The third kappa shape index (κ3) is 2.83. The standard InChI is InChI=1S/C12H21N3O/c1-13-6-2-3-11-9-14-15-12(11)10-4-7-16-8-5-10/h9-10,13H,2-8H2,1H3,(H,14,15). The molecule has 1 fully saturated rings. The van der Waals surface area contributed by atoms with Crippen LogP contribution in [0.15, 0.2) is 6.20 Å². The number of aromatic nitrogens is 2. The molecule has 0 unspecified atom stereocenters. The Kier molecular flexibility index (Phi) is 4.36. The summed E-state index contributed by atoms with van der Waals surface area (Å²) < 4.78 is 5.39. The maximum absolute atomic E-state index is 5.39. The highest BCUT2D eigenvalue weighted by Crippen LogP contribution is 2.28. The molecule has 0 aromatic carbocycles. The number of hydrogen-bond acceptors (Lipinski definition) is 3. The van der Waals surface area contributed by atoms with Crippen molar-refractivity contribution in [1.29, 1.82) is 0 Å². The number of aromatic amines is 1. The molecular weight excluding hydrogens is 202 g/mol. The Hall–Kier alpha value is -0.870. The van der Waals surface area contributed by atoms with E-state index in [1.54, 1.807) is 0 Å². The molecule has 1 aromatic rings. The fraction of sp³-hybridized carbons (Fsp3) is 0.750. The van der Waals surface area contributed by atoms with Crippen LogP contribution in [0, 0.1) is 0 Å². The van der Waals surface area contributed by atoms with E-state index in [0.29, 0.717) is 5.92 Å². The lowest BCUT2D eigenvalue weighted by molar-refractivity contribution is 0.0843. The zero-order chi connectivity index (χ0) is 11.2. The van der Waals surface area contributed by atoms with Crippen molar-refractivity contribution in [3.63, 3.8) is 0 Å². The van der Waals surface area contributed by atoms with E-state index in [0.717, 1.165) is 39.0 Å². The Morgan fingerprint density at radius 2 is 2.31 bits per heavy atom. The predicted octanol–water partition coefficient (Wildman–Crippen LogP) is 1.46. The van der Waals surface area contributed by atoms with Crippen molar-refractivity contribution in [3.8, 4) is 0 Å². The van der Waals surface area contributed by atoms with Crippen molar-refractivity contribution in [2.45, 2.75) is 31.6 Å². The van der Waals surface area contributed by atoms with E-state index in [1.165, 1.54) is 17.7 Å². The molecule has 0 aliphatic carbocycles. The molecular formula is C12H21N3O. The molecule has 1 aromatic heterocycles. The molecule has 2 rings (SSSR count). The van der Waals surface area contributed by atoms with Crippen molar-refractivity contribution in [1.82, 2.24) is 15.5 Å². The van der Waals surface area contributed by atoms with Crippen LogP contribution in [0.3, 0.4) is 0 Å². The highest BCUT2D eigenvalue weighted by atomic mass is 16.5. The largest absolute Gasteiger partial charge is 0.381 e. The molecule has 0 amide bonds. The van der Waals surface area contributed by atoms with Crippen LogP contribution in [0.25, 0.3) is 0 Å². The van der Waals surface area contributed by atoms with E-state index in [-0.39, 0.29) is 0 Å². The summed E-state index contributed by atoms with van der Waals surface area (Å²) >= 11 is 0. The lowest BCUT2D eigenvalue weighted by Crippen LogP contribution is -2.16. The number of hydrogen-bond donors (Lipinski definition) is 2. The molecule has 2 heterocycles. The van der Waals surface area contributed by atoms with Crippen LogP contribution in [-0.2, 0) is 11.2 Å². The summed E-state index contributed by atoms with van der Waals surface area (Å²) in [5.41, 5.74) is 2.74. The Labute approximate surface area is 96.8 Å². The predicted molar refractivity (Wildman–Crippen MR) is 63.6 cm³/mol. The lowest BCUT2D eigenvalue weighted by atomic mass is 9.93. The molecule has 1 aliphatic rings. The Morgan fingerprint density at radius 3 is 3.06 bits per heavy atom. The molecule has 16 heavy (non-hydrogen) atoms. The summed E-state index contributed by atoms with van der Waals surface area (Å²) in [7, 11) is 1.99. The topological polar surface area (TPSA) is 49.9 Å². The summed E-state index contributed by atoms with van der Waals surface area (Å²) in [6, 6.07) is 0.